The lowest BCUT2D eigenvalue weighted by atomic mass is 9.75. The molecule has 0 saturated carbocycles. The maximum atomic E-state index is 13.9. The van der Waals surface area contributed by atoms with E-state index in [4.69, 9.17) is 9.47 Å². The van der Waals surface area contributed by atoms with Gasteiger partial charge >= 0.3 is 0 Å². The number of likely N-dealkylation sites (tertiary alicyclic amines) is 1. The van der Waals surface area contributed by atoms with Gasteiger partial charge in [-0.05, 0) is 91.0 Å². The van der Waals surface area contributed by atoms with Gasteiger partial charge in [0.25, 0.3) is 0 Å². The standard InChI is InChI=1S/C31H31NO4/c1-35-25-12-8-22(9-13-25)29-20-24(21-33)27-6-2-3-7-28(27)30(29)31(34)23-10-14-26(15-11-23)36-19-18-32-16-4-5-17-32/h2-3,6-15,21,24H,4-5,16-20H2,1H3. The van der Waals surface area contributed by atoms with E-state index in [1.165, 1.54) is 12.8 Å². The van der Waals surface area contributed by atoms with E-state index < -0.39 is 0 Å². The van der Waals surface area contributed by atoms with Crippen LogP contribution in [-0.4, -0.2) is 50.3 Å². The molecular weight excluding hydrogens is 450 g/mol. The van der Waals surface area contributed by atoms with Gasteiger partial charge < -0.3 is 14.3 Å². The van der Waals surface area contributed by atoms with Crippen molar-refractivity contribution < 1.29 is 19.1 Å². The number of carbonyl (C=O) groups is 2. The van der Waals surface area contributed by atoms with Crippen molar-refractivity contribution in [3.05, 3.63) is 95.1 Å². The smallest absolute Gasteiger partial charge is 0.193 e. The molecule has 1 aliphatic carbocycles. The van der Waals surface area contributed by atoms with E-state index in [0.717, 1.165) is 59.7 Å². The Morgan fingerprint density at radius 2 is 1.64 bits per heavy atom. The minimum atomic E-state index is -0.291. The Labute approximate surface area is 212 Å². The molecule has 1 heterocycles. The van der Waals surface area contributed by atoms with E-state index in [-0.39, 0.29) is 11.7 Å². The van der Waals surface area contributed by atoms with Gasteiger partial charge in [0.2, 0.25) is 0 Å². The zero-order valence-corrected chi connectivity index (χ0v) is 20.6. The summed E-state index contributed by atoms with van der Waals surface area (Å²) in [5, 5.41) is 0. The van der Waals surface area contributed by atoms with E-state index in [2.05, 4.69) is 4.90 Å². The number of rotatable bonds is 9. The zero-order chi connectivity index (χ0) is 24.9. The van der Waals surface area contributed by atoms with Gasteiger partial charge in [-0.15, -0.1) is 0 Å². The van der Waals surface area contributed by atoms with Crippen LogP contribution in [0.4, 0.5) is 0 Å². The van der Waals surface area contributed by atoms with Crippen LogP contribution >= 0.6 is 0 Å². The number of aldehydes is 1. The second-order valence-corrected chi connectivity index (χ2v) is 9.37. The summed E-state index contributed by atoms with van der Waals surface area (Å²) in [6.45, 7) is 3.86. The number of ether oxygens (including phenoxy) is 2. The number of nitrogens with zero attached hydrogens (tertiary/aromatic N) is 1. The van der Waals surface area contributed by atoms with Gasteiger partial charge in [-0.3, -0.25) is 9.69 Å². The number of hydrogen-bond donors (Lipinski definition) is 0. The minimum Gasteiger partial charge on any atom is -0.497 e. The Kier molecular flexibility index (Phi) is 7.28. The Bertz CT molecular complexity index is 1250. The third-order valence-corrected chi connectivity index (χ3v) is 7.18. The first-order chi connectivity index (χ1) is 17.7. The minimum absolute atomic E-state index is 0.0544. The Morgan fingerprint density at radius 1 is 0.944 bits per heavy atom. The molecule has 0 N–H and O–H groups in total. The van der Waals surface area contributed by atoms with Gasteiger partial charge in [-0.2, -0.15) is 0 Å². The molecule has 2 aliphatic rings. The van der Waals surface area contributed by atoms with Crippen LogP contribution in [0.1, 0.15) is 52.2 Å². The maximum Gasteiger partial charge on any atom is 0.193 e. The summed E-state index contributed by atoms with van der Waals surface area (Å²) < 4.78 is 11.2. The van der Waals surface area contributed by atoms with Crippen molar-refractivity contribution in [3.8, 4) is 11.5 Å². The van der Waals surface area contributed by atoms with Crippen molar-refractivity contribution in [2.75, 3.05) is 33.4 Å². The summed E-state index contributed by atoms with van der Waals surface area (Å²) in [6, 6.07) is 22.8. The number of ketones is 1. The predicted molar refractivity (Wildman–Crippen MR) is 142 cm³/mol. The highest BCUT2D eigenvalue weighted by Crippen LogP contribution is 2.43. The number of methoxy groups -OCH3 is 1. The normalized spacial score (nSPS) is 17.5. The summed E-state index contributed by atoms with van der Waals surface area (Å²) in [4.78, 5) is 28.4. The second-order valence-electron chi connectivity index (χ2n) is 9.37. The number of hydrogen-bond acceptors (Lipinski definition) is 5. The number of fused-ring (bicyclic) bond motifs is 1. The molecule has 5 rings (SSSR count). The maximum absolute atomic E-state index is 13.9. The summed E-state index contributed by atoms with van der Waals surface area (Å²) in [5.74, 6) is 1.17. The topological polar surface area (TPSA) is 55.8 Å². The Balaban J connectivity index is 1.45. The lowest BCUT2D eigenvalue weighted by Gasteiger charge is -2.27. The molecule has 3 aromatic rings. The number of Topliss-reactive ketones (excluding diaryl/α,β-unsaturated/α-hetero) is 1. The van der Waals surface area contributed by atoms with Gasteiger partial charge in [0.15, 0.2) is 5.78 Å². The fourth-order valence-corrected chi connectivity index (χ4v) is 5.22. The average molecular weight is 482 g/mol. The van der Waals surface area contributed by atoms with Crippen molar-refractivity contribution in [1.29, 1.82) is 0 Å². The van der Waals surface area contributed by atoms with Crippen LogP contribution in [0.15, 0.2) is 72.8 Å². The van der Waals surface area contributed by atoms with Crippen LogP contribution in [0.3, 0.4) is 0 Å². The molecule has 1 fully saturated rings. The lowest BCUT2D eigenvalue weighted by molar-refractivity contribution is -0.109. The van der Waals surface area contributed by atoms with Crippen LogP contribution in [0.25, 0.3) is 11.1 Å². The predicted octanol–water partition coefficient (Wildman–Crippen LogP) is 5.65. The summed E-state index contributed by atoms with van der Waals surface area (Å²) in [7, 11) is 1.63. The van der Waals surface area contributed by atoms with Gasteiger partial charge in [0.05, 0.1) is 7.11 Å². The first kappa shape index (κ1) is 24.0. The molecule has 5 nitrogen and oxygen atoms in total. The van der Waals surface area contributed by atoms with Crippen LogP contribution < -0.4 is 9.47 Å². The van der Waals surface area contributed by atoms with Crippen LogP contribution in [0.2, 0.25) is 0 Å². The molecule has 1 saturated heterocycles. The molecule has 5 heteroatoms. The highest BCUT2D eigenvalue weighted by atomic mass is 16.5. The molecule has 3 aromatic carbocycles. The van der Waals surface area contributed by atoms with Crippen molar-refractivity contribution in [3.63, 3.8) is 0 Å². The van der Waals surface area contributed by atoms with Crippen LogP contribution in [0, 0.1) is 0 Å². The lowest BCUT2D eigenvalue weighted by Crippen LogP contribution is -2.25. The fourth-order valence-electron chi connectivity index (χ4n) is 5.22. The fraction of sp³-hybridized carbons (Fsp3) is 0.290. The summed E-state index contributed by atoms with van der Waals surface area (Å²) in [5.41, 5.74) is 4.77. The van der Waals surface area contributed by atoms with E-state index in [0.29, 0.717) is 24.2 Å². The van der Waals surface area contributed by atoms with Crippen molar-refractivity contribution in [2.45, 2.75) is 25.2 Å². The largest absolute Gasteiger partial charge is 0.497 e. The summed E-state index contributed by atoms with van der Waals surface area (Å²) >= 11 is 0. The second kappa shape index (κ2) is 10.9. The van der Waals surface area contributed by atoms with Crippen molar-refractivity contribution >= 4 is 23.2 Å². The molecule has 36 heavy (non-hydrogen) atoms. The quantitative estimate of drug-likeness (QED) is 0.292. The van der Waals surface area contributed by atoms with Gasteiger partial charge in [-0.25, -0.2) is 0 Å². The van der Waals surface area contributed by atoms with Crippen LogP contribution in [-0.2, 0) is 4.79 Å². The molecule has 0 radical (unpaired) electrons. The first-order valence-electron chi connectivity index (χ1n) is 12.6. The molecular formula is C31H31NO4. The Hall–Kier alpha value is -3.70. The van der Waals surface area contributed by atoms with Gasteiger partial charge in [0, 0.05) is 23.6 Å². The van der Waals surface area contributed by atoms with Gasteiger partial charge in [-0.1, -0.05) is 36.4 Å². The highest BCUT2D eigenvalue weighted by Gasteiger charge is 2.31. The van der Waals surface area contributed by atoms with E-state index in [1.54, 1.807) is 7.11 Å². The van der Waals surface area contributed by atoms with Gasteiger partial charge in [0.1, 0.15) is 24.4 Å². The molecule has 0 bridgehead atoms. The highest BCUT2D eigenvalue weighted by molar-refractivity contribution is 6.35. The number of allylic oxidation sites excluding steroid dienone is 2. The number of benzene rings is 3. The van der Waals surface area contributed by atoms with Crippen LogP contribution in [0.5, 0.6) is 11.5 Å². The first-order valence-corrected chi connectivity index (χ1v) is 12.6. The third kappa shape index (κ3) is 4.98. The SMILES string of the molecule is COc1ccc(C2=C(C(=O)c3ccc(OCCN4CCCC4)cc3)c3ccccc3C(C=O)C2)cc1. The number of carbonyl (C=O) groups excluding carboxylic acids is 2. The molecule has 0 spiro atoms. The van der Waals surface area contributed by atoms with E-state index in [9.17, 15) is 9.59 Å². The molecule has 1 aliphatic heterocycles. The van der Waals surface area contributed by atoms with Crippen molar-refractivity contribution in [2.24, 2.45) is 0 Å². The van der Waals surface area contributed by atoms with E-state index >= 15 is 0 Å². The molecule has 0 amide bonds. The molecule has 0 aromatic heterocycles. The molecule has 184 valence electrons. The summed E-state index contributed by atoms with van der Waals surface area (Å²) in [6.07, 6.45) is 3.99. The molecule has 1 unspecified atom stereocenters. The Morgan fingerprint density at radius 3 is 2.33 bits per heavy atom. The average Bonchev–Trinajstić information content (AvgIpc) is 3.46. The molecule has 1 atom stereocenters. The zero-order valence-electron chi connectivity index (χ0n) is 20.6. The van der Waals surface area contributed by atoms with Crippen molar-refractivity contribution in [1.82, 2.24) is 4.90 Å². The monoisotopic (exact) mass is 481 g/mol. The third-order valence-electron chi connectivity index (χ3n) is 7.18. The van der Waals surface area contributed by atoms with E-state index in [1.807, 2.05) is 72.8 Å².